The minimum absolute atomic E-state index is 0.0344. The van der Waals surface area contributed by atoms with Crippen molar-refractivity contribution in [2.75, 3.05) is 6.61 Å². The van der Waals surface area contributed by atoms with Crippen molar-refractivity contribution in [2.45, 2.75) is 224 Å². The van der Waals surface area contributed by atoms with E-state index in [4.69, 9.17) is 4.74 Å². The molecule has 0 aliphatic rings. The second kappa shape index (κ2) is 31.1. The lowest BCUT2D eigenvalue weighted by Crippen LogP contribution is -2.49. The van der Waals surface area contributed by atoms with Crippen molar-refractivity contribution in [3.05, 3.63) is 0 Å². The summed E-state index contributed by atoms with van der Waals surface area (Å²) in [6.45, 7) is 4.52. The van der Waals surface area contributed by atoms with Gasteiger partial charge in [0.15, 0.2) is 0 Å². The second-order valence-corrected chi connectivity index (χ2v) is 15.6. The number of carbonyl (C=O) groups excluding carboxylic acids is 1. The summed E-state index contributed by atoms with van der Waals surface area (Å²) in [4.78, 5) is 24.5. The Labute approximate surface area is 284 Å². The summed E-state index contributed by atoms with van der Waals surface area (Å²) in [6, 6.07) is 0. The van der Waals surface area contributed by atoms with Crippen LogP contribution in [0.2, 0.25) is 0 Å². The Hall–Kier alpha value is -1.15. The maximum atomic E-state index is 12.9. The summed E-state index contributed by atoms with van der Waals surface area (Å²) < 4.78 is 37.6. The van der Waals surface area contributed by atoms with E-state index in [1.165, 1.54) is 135 Å². The van der Waals surface area contributed by atoms with Crippen LogP contribution in [0.5, 0.6) is 0 Å². The molecule has 0 saturated heterocycles. The third-order valence-electron chi connectivity index (χ3n) is 9.47. The molecule has 0 saturated carbocycles. The van der Waals surface area contributed by atoms with E-state index in [-0.39, 0.29) is 13.0 Å². The molecule has 1 atom stereocenters. The summed E-state index contributed by atoms with van der Waals surface area (Å²) in [5.74, 6) is -2.57. The van der Waals surface area contributed by atoms with E-state index >= 15 is 0 Å². The first-order valence-corrected chi connectivity index (χ1v) is 21.0. The molecule has 2 N–H and O–H groups in total. The number of hydrogen-bond donors (Lipinski definition) is 2. The van der Waals surface area contributed by atoms with Crippen LogP contribution in [0, 0.1) is 0 Å². The van der Waals surface area contributed by atoms with Gasteiger partial charge in [0.2, 0.25) is 4.75 Å². The van der Waals surface area contributed by atoms with Gasteiger partial charge in [0.05, 0.1) is 13.0 Å². The van der Waals surface area contributed by atoms with Crippen molar-refractivity contribution in [3.63, 3.8) is 0 Å². The molecule has 8 heteroatoms. The summed E-state index contributed by atoms with van der Waals surface area (Å²) in [5, 5.41) is 9.42. The molecule has 0 aliphatic heterocycles. The van der Waals surface area contributed by atoms with E-state index in [1.54, 1.807) is 0 Å². The number of ether oxygens (including phenoxy) is 1. The highest BCUT2D eigenvalue weighted by Crippen LogP contribution is 2.31. The lowest BCUT2D eigenvalue weighted by atomic mass is 9.95. The second-order valence-electron chi connectivity index (χ2n) is 13.8. The number of esters is 1. The minimum atomic E-state index is -4.97. The highest BCUT2D eigenvalue weighted by molar-refractivity contribution is 7.88. The van der Waals surface area contributed by atoms with Crippen LogP contribution in [-0.2, 0) is 24.4 Å². The fourth-order valence-corrected chi connectivity index (χ4v) is 7.36. The fourth-order valence-electron chi connectivity index (χ4n) is 6.38. The molecule has 7 nitrogen and oxygen atoms in total. The zero-order valence-corrected chi connectivity index (χ0v) is 31.0. The van der Waals surface area contributed by atoms with Gasteiger partial charge < -0.3 is 9.84 Å². The average Bonchev–Trinajstić information content (AvgIpc) is 3.01. The lowest BCUT2D eigenvalue weighted by molar-refractivity contribution is -0.152. The Bertz CT molecular complexity index is 814. The molecule has 0 heterocycles. The van der Waals surface area contributed by atoms with Gasteiger partial charge in [-0.2, -0.15) is 8.42 Å². The Balaban J connectivity index is 4.16. The molecule has 0 aliphatic carbocycles. The fraction of sp³-hybridized carbons (Fsp3) is 0.947. The van der Waals surface area contributed by atoms with Gasteiger partial charge in [-0.25, -0.2) is 0 Å². The maximum Gasteiger partial charge on any atom is 0.330 e. The van der Waals surface area contributed by atoms with Gasteiger partial charge in [-0.15, -0.1) is 0 Å². The molecule has 0 aromatic heterocycles. The van der Waals surface area contributed by atoms with Crippen molar-refractivity contribution in [3.8, 4) is 0 Å². The molecule has 0 amide bonds. The zero-order chi connectivity index (χ0) is 34.2. The molecule has 0 aromatic carbocycles. The molecule has 274 valence electrons. The number of rotatable bonds is 36. The van der Waals surface area contributed by atoms with Crippen LogP contribution in [0.15, 0.2) is 0 Å². The molecule has 0 rings (SSSR count). The highest BCUT2D eigenvalue weighted by atomic mass is 32.2. The quantitative estimate of drug-likeness (QED) is 0.0385. The molecular formula is C38H74O7S. The van der Waals surface area contributed by atoms with Crippen LogP contribution in [0.1, 0.15) is 219 Å². The van der Waals surface area contributed by atoms with Crippen molar-refractivity contribution < 1.29 is 32.4 Å². The van der Waals surface area contributed by atoms with Gasteiger partial charge in [0.25, 0.3) is 10.1 Å². The molecule has 46 heavy (non-hydrogen) atoms. The van der Waals surface area contributed by atoms with Crippen molar-refractivity contribution in [2.24, 2.45) is 0 Å². The van der Waals surface area contributed by atoms with Gasteiger partial charge >= 0.3 is 11.9 Å². The third-order valence-corrected chi connectivity index (χ3v) is 11.0. The van der Waals surface area contributed by atoms with Crippen molar-refractivity contribution >= 4 is 22.1 Å². The first-order valence-electron chi connectivity index (χ1n) is 19.6. The van der Waals surface area contributed by atoms with Crippen LogP contribution < -0.4 is 0 Å². The predicted molar refractivity (Wildman–Crippen MR) is 192 cm³/mol. The number of hydrogen-bond acceptors (Lipinski definition) is 5. The van der Waals surface area contributed by atoms with Gasteiger partial charge in [-0.3, -0.25) is 14.1 Å². The molecule has 0 aromatic rings. The van der Waals surface area contributed by atoms with E-state index in [9.17, 15) is 27.7 Å². The maximum absolute atomic E-state index is 12.9. The van der Waals surface area contributed by atoms with Crippen molar-refractivity contribution in [1.82, 2.24) is 0 Å². The smallest absolute Gasteiger partial charge is 0.330 e. The largest absolute Gasteiger partial charge is 0.481 e. The highest BCUT2D eigenvalue weighted by Gasteiger charge is 2.53. The van der Waals surface area contributed by atoms with Crippen LogP contribution in [-0.4, -0.2) is 41.4 Å². The number of carboxylic acids is 1. The number of carboxylic acid groups (broad SMARTS) is 1. The standard InChI is InChI=1S/C38H74O7S/c1-3-5-7-9-11-13-15-17-19-20-21-23-25-27-29-31-33-38(35-36(39)40,46(42,43)44)37(41)45-34-32-30-28-26-24-22-18-16-14-12-10-8-6-4-2/h3-35H2,1-2H3,(H,39,40)(H,42,43,44). The molecule has 0 bridgehead atoms. The van der Waals surface area contributed by atoms with E-state index in [0.717, 1.165) is 38.5 Å². The molecule has 1 unspecified atom stereocenters. The van der Waals surface area contributed by atoms with E-state index in [1.807, 2.05) is 0 Å². The first kappa shape index (κ1) is 44.9. The SMILES string of the molecule is CCCCCCCCCCCCCCCCCCC(CC(=O)O)(C(=O)OCCCCCCCCCCCCCCCC)S(=O)(=O)O. The van der Waals surface area contributed by atoms with E-state index in [0.29, 0.717) is 19.3 Å². The summed E-state index contributed by atoms with van der Waals surface area (Å²) in [7, 11) is -4.97. The summed E-state index contributed by atoms with van der Waals surface area (Å²) in [6.07, 6.45) is 34.0. The zero-order valence-electron chi connectivity index (χ0n) is 30.2. The number of aliphatic carboxylic acids is 1. The monoisotopic (exact) mass is 675 g/mol. The third kappa shape index (κ3) is 24.9. The van der Waals surface area contributed by atoms with E-state index < -0.39 is 33.2 Å². The van der Waals surface area contributed by atoms with Gasteiger partial charge in [-0.05, 0) is 12.8 Å². The normalized spacial score (nSPS) is 13.1. The Morgan fingerprint density at radius 1 is 0.500 bits per heavy atom. The molecule has 0 spiro atoms. The minimum Gasteiger partial charge on any atom is -0.481 e. The van der Waals surface area contributed by atoms with Crippen molar-refractivity contribution in [1.29, 1.82) is 0 Å². The predicted octanol–water partition coefficient (Wildman–Crippen LogP) is 11.8. The topological polar surface area (TPSA) is 118 Å². The van der Waals surface area contributed by atoms with Crippen LogP contribution >= 0.6 is 0 Å². The average molecular weight is 675 g/mol. The van der Waals surface area contributed by atoms with Gasteiger partial charge in [0, 0.05) is 0 Å². The lowest BCUT2D eigenvalue weighted by Gasteiger charge is -2.27. The molecular weight excluding hydrogens is 600 g/mol. The number of unbranched alkanes of at least 4 members (excludes halogenated alkanes) is 28. The Morgan fingerprint density at radius 2 is 0.783 bits per heavy atom. The van der Waals surface area contributed by atoms with Crippen LogP contribution in [0.3, 0.4) is 0 Å². The molecule has 0 radical (unpaired) electrons. The van der Waals surface area contributed by atoms with Gasteiger partial charge in [-0.1, -0.05) is 200 Å². The van der Waals surface area contributed by atoms with Crippen LogP contribution in [0.25, 0.3) is 0 Å². The molecule has 0 fully saturated rings. The Kier molecular flexibility index (Phi) is 30.4. The van der Waals surface area contributed by atoms with E-state index in [2.05, 4.69) is 13.8 Å². The number of carbonyl (C=O) groups is 2. The summed E-state index contributed by atoms with van der Waals surface area (Å²) >= 11 is 0. The van der Waals surface area contributed by atoms with Crippen LogP contribution in [0.4, 0.5) is 0 Å². The first-order chi connectivity index (χ1) is 22.2. The summed E-state index contributed by atoms with van der Waals surface area (Å²) in [5.41, 5.74) is 0. The van der Waals surface area contributed by atoms with Gasteiger partial charge in [0.1, 0.15) is 0 Å². The Morgan fingerprint density at radius 3 is 1.07 bits per heavy atom.